The molecule has 1 heterocycles. The van der Waals surface area contributed by atoms with Gasteiger partial charge in [0.2, 0.25) is 6.79 Å². The number of carbonyl (C=O) groups is 1. The third-order valence-corrected chi connectivity index (χ3v) is 2.40. The Morgan fingerprint density at radius 3 is 2.71 bits per heavy atom. The zero-order valence-corrected chi connectivity index (χ0v) is 10.2. The molecule has 0 aliphatic heterocycles. The van der Waals surface area contributed by atoms with Gasteiger partial charge in [0.05, 0.1) is 0 Å². The van der Waals surface area contributed by atoms with E-state index in [1.165, 1.54) is 12.3 Å². The van der Waals surface area contributed by atoms with Crippen LogP contribution < -0.4 is 4.74 Å². The van der Waals surface area contributed by atoms with Crippen LogP contribution in [0.25, 0.3) is 0 Å². The van der Waals surface area contributed by atoms with Crippen LogP contribution in [0.2, 0.25) is 0 Å². The molecule has 0 radical (unpaired) electrons. The molecule has 0 saturated heterocycles. The number of halogens is 1. The van der Waals surface area contributed by atoms with Crippen LogP contribution in [0, 0.1) is 0 Å². The van der Waals surface area contributed by atoms with E-state index in [0.717, 1.165) is 4.47 Å². The first-order valence-electron chi connectivity index (χ1n) is 4.71. The molecule has 88 valence electrons. The monoisotopic (exact) mass is 297 g/mol. The number of aromatic nitrogens is 1. The van der Waals surface area contributed by atoms with Crippen LogP contribution in [0.4, 0.5) is 0 Å². The van der Waals surface area contributed by atoms with Gasteiger partial charge in [-0.25, -0.2) is 4.79 Å². The molecule has 5 nitrogen and oxygen atoms in total. The van der Waals surface area contributed by atoms with E-state index in [-0.39, 0.29) is 12.5 Å². The average Bonchev–Trinajstić information content (AvgIpc) is 2.85. The second-order valence-electron chi connectivity index (χ2n) is 3.03. The number of hydrogen-bond acceptors (Lipinski definition) is 5. The van der Waals surface area contributed by atoms with Crippen molar-refractivity contribution in [1.29, 1.82) is 0 Å². The molecule has 0 amide bonds. The molecule has 0 atom stereocenters. The highest BCUT2D eigenvalue weighted by atomic mass is 79.9. The number of ether oxygens (including phenoxy) is 2. The van der Waals surface area contributed by atoms with Gasteiger partial charge in [-0.3, -0.25) is 0 Å². The van der Waals surface area contributed by atoms with E-state index in [0.29, 0.717) is 5.75 Å². The average molecular weight is 298 g/mol. The highest BCUT2D eigenvalue weighted by molar-refractivity contribution is 9.10. The molecule has 0 aliphatic rings. The van der Waals surface area contributed by atoms with Crippen molar-refractivity contribution in [2.45, 2.75) is 0 Å². The van der Waals surface area contributed by atoms with Crippen molar-refractivity contribution >= 4 is 21.9 Å². The van der Waals surface area contributed by atoms with Crippen molar-refractivity contribution in [3.63, 3.8) is 0 Å². The summed E-state index contributed by atoms with van der Waals surface area (Å²) in [6, 6.07) is 8.59. The van der Waals surface area contributed by atoms with Gasteiger partial charge in [-0.05, 0) is 24.3 Å². The predicted molar refractivity (Wildman–Crippen MR) is 61.6 cm³/mol. The van der Waals surface area contributed by atoms with E-state index in [1.807, 2.05) is 12.1 Å². The number of carbonyl (C=O) groups excluding carboxylic acids is 1. The Balaban J connectivity index is 1.80. The van der Waals surface area contributed by atoms with E-state index >= 15 is 0 Å². The van der Waals surface area contributed by atoms with Gasteiger partial charge in [0.15, 0.2) is 5.69 Å². The van der Waals surface area contributed by atoms with E-state index in [2.05, 4.69) is 25.6 Å². The molecule has 0 saturated carbocycles. The molecule has 1 aromatic carbocycles. The summed E-state index contributed by atoms with van der Waals surface area (Å²) in [7, 11) is 0. The van der Waals surface area contributed by atoms with Crippen molar-refractivity contribution in [1.82, 2.24) is 5.16 Å². The summed E-state index contributed by atoms with van der Waals surface area (Å²) in [5, 5.41) is 3.44. The summed E-state index contributed by atoms with van der Waals surface area (Å²) in [5.74, 6) is 0.0250. The summed E-state index contributed by atoms with van der Waals surface area (Å²) in [4.78, 5) is 11.3. The van der Waals surface area contributed by atoms with Crippen LogP contribution in [-0.4, -0.2) is 17.9 Å². The first-order chi connectivity index (χ1) is 8.25. The smallest absolute Gasteiger partial charge is 0.363 e. The molecule has 0 N–H and O–H groups in total. The van der Waals surface area contributed by atoms with Crippen LogP contribution in [0.3, 0.4) is 0 Å². The molecule has 0 bridgehead atoms. The Morgan fingerprint density at radius 2 is 2.06 bits per heavy atom. The molecule has 2 aromatic rings. The second kappa shape index (κ2) is 5.49. The lowest BCUT2D eigenvalue weighted by Crippen LogP contribution is -2.10. The van der Waals surface area contributed by atoms with Crippen molar-refractivity contribution in [2.24, 2.45) is 0 Å². The van der Waals surface area contributed by atoms with Crippen LogP contribution in [0.5, 0.6) is 5.75 Å². The van der Waals surface area contributed by atoms with Gasteiger partial charge in [-0.15, -0.1) is 0 Å². The van der Waals surface area contributed by atoms with Crippen molar-refractivity contribution < 1.29 is 18.8 Å². The minimum absolute atomic E-state index is 0.115. The van der Waals surface area contributed by atoms with E-state index in [4.69, 9.17) is 9.47 Å². The van der Waals surface area contributed by atoms with Gasteiger partial charge in [0, 0.05) is 10.5 Å². The minimum Gasteiger partial charge on any atom is -0.457 e. The molecule has 2 rings (SSSR count). The maximum Gasteiger partial charge on any atom is 0.363 e. The Labute approximate surface area is 105 Å². The van der Waals surface area contributed by atoms with Gasteiger partial charge in [-0.1, -0.05) is 21.1 Å². The fraction of sp³-hybridized carbons (Fsp3) is 0.0909. The first kappa shape index (κ1) is 11.7. The third-order valence-electron chi connectivity index (χ3n) is 1.88. The van der Waals surface area contributed by atoms with Gasteiger partial charge >= 0.3 is 5.97 Å². The Morgan fingerprint density at radius 1 is 1.29 bits per heavy atom. The molecule has 0 unspecified atom stereocenters. The standard InChI is InChI=1S/C11H8BrNO4/c12-8-1-3-9(4-2-8)15-7-16-11(14)10-5-6-17-13-10/h1-6H,7H2. The van der Waals surface area contributed by atoms with E-state index < -0.39 is 5.97 Å². The lowest BCUT2D eigenvalue weighted by molar-refractivity contribution is 0.0144. The third kappa shape index (κ3) is 3.32. The summed E-state index contributed by atoms with van der Waals surface area (Å²) in [5.41, 5.74) is 0.115. The summed E-state index contributed by atoms with van der Waals surface area (Å²) in [6.45, 7) is -0.173. The van der Waals surface area contributed by atoms with Crippen LogP contribution in [-0.2, 0) is 4.74 Å². The second-order valence-corrected chi connectivity index (χ2v) is 3.95. The zero-order chi connectivity index (χ0) is 12.1. The summed E-state index contributed by atoms with van der Waals surface area (Å²) < 4.78 is 15.5. The van der Waals surface area contributed by atoms with Crippen LogP contribution in [0.15, 0.2) is 45.6 Å². The number of nitrogens with zero attached hydrogens (tertiary/aromatic N) is 1. The molecule has 17 heavy (non-hydrogen) atoms. The van der Waals surface area contributed by atoms with E-state index in [1.54, 1.807) is 12.1 Å². The number of rotatable bonds is 4. The number of benzene rings is 1. The minimum atomic E-state index is -0.587. The fourth-order valence-corrected chi connectivity index (χ4v) is 1.34. The topological polar surface area (TPSA) is 61.6 Å². The number of esters is 1. The molecule has 1 aromatic heterocycles. The Bertz CT molecular complexity index is 481. The highest BCUT2D eigenvalue weighted by Gasteiger charge is 2.10. The fourth-order valence-electron chi connectivity index (χ4n) is 1.07. The largest absolute Gasteiger partial charge is 0.457 e. The van der Waals surface area contributed by atoms with Gasteiger partial charge in [0.1, 0.15) is 12.0 Å². The van der Waals surface area contributed by atoms with Crippen LogP contribution >= 0.6 is 15.9 Å². The lowest BCUT2D eigenvalue weighted by atomic mass is 10.3. The maximum atomic E-state index is 11.3. The molecular weight excluding hydrogens is 290 g/mol. The van der Waals surface area contributed by atoms with Gasteiger partial charge < -0.3 is 14.0 Å². The first-order valence-corrected chi connectivity index (χ1v) is 5.51. The molecule has 0 spiro atoms. The van der Waals surface area contributed by atoms with Gasteiger partial charge in [0.25, 0.3) is 0 Å². The normalized spacial score (nSPS) is 9.94. The van der Waals surface area contributed by atoms with Gasteiger partial charge in [-0.2, -0.15) is 0 Å². The van der Waals surface area contributed by atoms with Crippen molar-refractivity contribution in [2.75, 3.05) is 6.79 Å². The van der Waals surface area contributed by atoms with Crippen molar-refractivity contribution in [3.8, 4) is 5.75 Å². The quantitative estimate of drug-likeness (QED) is 0.641. The number of hydrogen-bond donors (Lipinski definition) is 0. The molecule has 6 heteroatoms. The van der Waals surface area contributed by atoms with Crippen molar-refractivity contribution in [3.05, 3.63) is 46.8 Å². The molecule has 0 fully saturated rings. The lowest BCUT2D eigenvalue weighted by Gasteiger charge is -2.05. The Kier molecular flexibility index (Phi) is 3.77. The summed E-state index contributed by atoms with van der Waals surface area (Å²) >= 11 is 3.30. The molecular formula is C11H8BrNO4. The zero-order valence-electron chi connectivity index (χ0n) is 8.63. The summed E-state index contributed by atoms with van der Waals surface area (Å²) in [6.07, 6.45) is 1.30. The van der Waals surface area contributed by atoms with E-state index in [9.17, 15) is 4.79 Å². The van der Waals surface area contributed by atoms with Crippen LogP contribution in [0.1, 0.15) is 10.5 Å². The maximum absolute atomic E-state index is 11.3. The Hall–Kier alpha value is -1.82. The SMILES string of the molecule is O=C(OCOc1ccc(Br)cc1)c1ccon1. The highest BCUT2D eigenvalue weighted by Crippen LogP contribution is 2.16. The molecule has 0 aliphatic carbocycles. The predicted octanol–water partition coefficient (Wildman–Crippen LogP) is 2.63.